The first-order valence-corrected chi connectivity index (χ1v) is 10.1. The Morgan fingerprint density at radius 3 is 2.42 bits per heavy atom. The standard InChI is InChI=1S/C21H30ClN3S/c1-15(2)20-14-19(18(22)8-7-13-23-25(20)6)24-26-17-11-9-16(10-12-17)21(3,4)5/h7-15,20,23-24H,1-6H3/b13-7-,18-8+,19-14-. The van der Waals surface area contributed by atoms with Crippen molar-refractivity contribution in [2.45, 2.75) is 51.0 Å². The predicted molar refractivity (Wildman–Crippen MR) is 115 cm³/mol. The molecule has 0 saturated carbocycles. The lowest BCUT2D eigenvalue weighted by atomic mass is 9.87. The molecule has 0 bridgehead atoms. The number of likely N-dealkylation sites (N-methyl/N-ethyl adjacent to an activating group) is 1. The Labute approximate surface area is 167 Å². The Hall–Kier alpha value is -1.36. The predicted octanol–water partition coefficient (Wildman–Crippen LogP) is 5.58. The monoisotopic (exact) mass is 391 g/mol. The maximum atomic E-state index is 6.52. The fourth-order valence-electron chi connectivity index (χ4n) is 2.69. The molecule has 0 fully saturated rings. The number of nitrogens with one attached hydrogen (secondary N) is 2. The fraction of sp³-hybridized carbons (Fsp3) is 0.429. The van der Waals surface area contributed by atoms with Crippen molar-refractivity contribution in [1.82, 2.24) is 15.2 Å². The summed E-state index contributed by atoms with van der Waals surface area (Å²) in [5, 5.41) is 2.79. The van der Waals surface area contributed by atoms with Gasteiger partial charge in [-0.25, -0.2) is 5.01 Å². The Bertz CT molecular complexity index is 684. The number of halogens is 1. The van der Waals surface area contributed by atoms with Crippen molar-refractivity contribution in [3.63, 3.8) is 0 Å². The lowest BCUT2D eigenvalue weighted by Crippen LogP contribution is -2.42. The Kier molecular flexibility index (Phi) is 7.27. The van der Waals surface area contributed by atoms with Crippen LogP contribution in [-0.4, -0.2) is 18.1 Å². The molecule has 1 atom stereocenters. The van der Waals surface area contributed by atoms with E-state index in [0.29, 0.717) is 11.0 Å². The van der Waals surface area contributed by atoms with E-state index in [2.05, 4.69) is 80.1 Å². The van der Waals surface area contributed by atoms with E-state index in [9.17, 15) is 0 Å². The van der Waals surface area contributed by atoms with Gasteiger partial charge in [-0.2, -0.15) is 0 Å². The summed E-state index contributed by atoms with van der Waals surface area (Å²) in [6.07, 6.45) is 7.89. The Morgan fingerprint density at radius 1 is 1.19 bits per heavy atom. The van der Waals surface area contributed by atoms with Crippen molar-refractivity contribution in [2.75, 3.05) is 7.05 Å². The molecule has 2 N–H and O–H groups in total. The van der Waals surface area contributed by atoms with Gasteiger partial charge in [0.1, 0.15) is 0 Å². The van der Waals surface area contributed by atoms with Crippen molar-refractivity contribution in [3.05, 3.63) is 65.0 Å². The van der Waals surface area contributed by atoms with Crippen molar-refractivity contribution in [1.29, 1.82) is 0 Å². The topological polar surface area (TPSA) is 27.3 Å². The molecule has 2 rings (SSSR count). The summed E-state index contributed by atoms with van der Waals surface area (Å²) in [6.45, 7) is 11.1. The summed E-state index contributed by atoms with van der Waals surface area (Å²) >= 11 is 8.10. The average molecular weight is 392 g/mol. The lowest BCUT2D eigenvalue weighted by Gasteiger charge is -2.29. The highest BCUT2D eigenvalue weighted by Crippen LogP contribution is 2.27. The molecule has 0 saturated heterocycles. The van der Waals surface area contributed by atoms with Gasteiger partial charge >= 0.3 is 0 Å². The summed E-state index contributed by atoms with van der Waals surface area (Å²) in [5.74, 6) is 0.441. The van der Waals surface area contributed by atoms with Crippen molar-refractivity contribution < 1.29 is 0 Å². The smallest absolute Gasteiger partial charge is 0.0643 e. The minimum atomic E-state index is 0.164. The van der Waals surface area contributed by atoms with Crippen molar-refractivity contribution >= 4 is 23.5 Å². The molecule has 1 aromatic carbocycles. The third kappa shape index (κ3) is 5.83. The van der Waals surface area contributed by atoms with Gasteiger partial charge in [0.2, 0.25) is 0 Å². The van der Waals surface area contributed by atoms with E-state index >= 15 is 0 Å². The van der Waals surface area contributed by atoms with Gasteiger partial charge in [-0.3, -0.25) is 0 Å². The molecule has 1 heterocycles. The molecule has 1 aromatic rings. The molecule has 0 amide bonds. The average Bonchev–Trinajstić information content (AvgIpc) is 2.63. The van der Waals surface area contributed by atoms with E-state index in [1.165, 1.54) is 5.56 Å². The molecular weight excluding hydrogens is 362 g/mol. The molecule has 26 heavy (non-hydrogen) atoms. The van der Waals surface area contributed by atoms with Crippen LogP contribution in [0.4, 0.5) is 0 Å². The van der Waals surface area contributed by atoms with Crippen molar-refractivity contribution in [3.8, 4) is 0 Å². The second-order valence-corrected chi connectivity index (χ2v) is 9.19. The van der Waals surface area contributed by atoms with E-state index in [1.807, 2.05) is 25.4 Å². The first-order chi connectivity index (χ1) is 12.2. The van der Waals surface area contributed by atoms with Gasteiger partial charge in [0.05, 0.1) is 16.8 Å². The maximum absolute atomic E-state index is 6.52. The summed E-state index contributed by atoms with van der Waals surface area (Å²) in [4.78, 5) is 1.16. The molecule has 0 aromatic heterocycles. The van der Waals surface area contributed by atoms with Crippen LogP contribution in [0.5, 0.6) is 0 Å². The number of hydrazine groups is 1. The number of benzene rings is 1. The third-order valence-electron chi connectivity index (χ3n) is 4.34. The lowest BCUT2D eigenvalue weighted by molar-refractivity contribution is 0.187. The molecule has 1 aliphatic rings. The van der Waals surface area contributed by atoms with E-state index in [4.69, 9.17) is 11.6 Å². The largest absolute Gasteiger partial charge is 0.326 e. The van der Waals surface area contributed by atoms with Gasteiger partial charge in [0.15, 0.2) is 0 Å². The van der Waals surface area contributed by atoms with E-state index in [1.54, 1.807) is 11.9 Å². The zero-order valence-electron chi connectivity index (χ0n) is 16.5. The number of nitrogens with zero attached hydrogens (tertiary/aromatic N) is 1. The molecule has 0 spiro atoms. The third-order valence-corrected chi connectivity index (χ3v) is 5.50. The molecule has 5 heteroatoms. The SMILES string of the molecule is CC(C)C1/C=C(NSc2ccc(C(C)(C)C)cc2)/C(Cl)=C\C=C/NN1C. The Morgan fingerprint density at radius 2 is 1.85 bits per heavy atom. The molecule has 1 aliphatic heterocycles. The normalized spacial score (nSPS) is 24.4. The molecule has 0 aliphatic carbocycles. The van der Waals surface area contributed by atoms with Crippen LogP contribution in [-0.2, 0) is 5.41 Å². The van der Waals surface area contributed by atoms with Gasteiger partial charge in [0.25, 0.3) is 0 Å². The van der Waals surface area contributed by atoms with Gasteiger partial charge in [0, 0.05) is 18.1 Å². The Balaban J connectivity index is 2.18. The number of hydrogen-bond acceptors (Lipinski definition) is 4. The van der Waals surface area contributed by atoms with Crippen LogP contribution in [0.1, 0.15) is 40.2 Å². The molecule has 3 nitrogen and oxygen atoms in total. The maximum Gasteiger partial charge on any atom is 0.0643 e. The zero-order valence-corrected chi connectivity index (χ0v) is 18.1. The minimum absolute atomic E-state index is 0.164. The van der Waals surface area contributed by atoms with Crippen LogP contribution in [0.15, 0.2) is 64.3 Å². The summed E-state index contributed by atoms with van der Waals surface area (Å²) < 4.78 is 3.44. The number of rotatable bonds is 4. The molecular formula is C21H30ClN3S. The highest BCUT2D eigenvalue weighted by atomic mass is 35.5. The summed E-state index contributed by atoms with van der Waals surface area (Å²) in [7, 11) is 2.04. The fourth-order valence-corrected chi connectivity index (χ4v) is 3.61. The quantitative estimate of drug-likeness (QED) is 0.655. The first kappa shape index (κ1) is 20.9. The van der Waals surface area contributed by atoms with Crippen LogP contribution in [0, 0.1) is 5.92 Å². The highest BCUT2D eigenvalue weighted by molar-refractivity contribution is 7.97. The van der Waals surface area contributed by atoms with Gasteiger partial charge in [-0.15, -0.1) is 0 Å². The van der Waals surface area contributed by atoms with E-state index in [0.717, 1.165) is 10.6 Å². The molecule has 142 valence electrons. The second kappa shape index (κ2) is 9.03. The van der Waals surface area contributed by atoms with Gasteiger partial charge in [-0.05, 0) is 59.2 Å². The van der Waals surface area contributed by atoms with Crippen LogP contribution in [0.25, 0.3) is 0 Å². The van der Waals surface area contributed by atoms with Crippen LogP contribution in [0.2, 0.25) is 0 Å². The molecule has 0 radical (unpaired) electrons. The van der Waals surface area contributed by atoms with Crippen molar-refractivity contribution in [2.24, 2.45) is 5.92 Å². The second-order valence-electron chi connectivity index (χ2n) is 7.91. The van der Waals surface area contributed by atoms with E-state index in [-0.39, 0.29) is 11.5 Å². The van der Waals surface area contributed by atoms with E-state index < -0.39 is 0 Å². The summed E-state index contributed by atoms with van der Waals surface area (Å²) in [5.41, 5.74) is 5.68. The zero-order chi connectivity index (χ0) is 19.3. The highest BCUT2D eigenvalue weighted by Gasteiger charge is 2.19. The van der Waals surface area contributed by atoms with Crippen LogP contribution in [0.3, 0.4) is 0 Å². The van der Waals surface area contributed by atoms with Crippen LogP contribution < -0.4 is 10.1 Å². The first-order valence-electron chi connectivity index (χ1n) is 8.95. The number of hydrogen-bond donors (Lipinski definition) is 2. The van der Waals surface area contributed by atoms with Gasteiger partial charge < -0.3 is 10.1 Å². The van der Waals surface area contributed by atoms with Gasteiger partial charge in [-0.1, -0.05) is 58.4 Å². The summed E-state index contributed by atoms with van der Waals surface area (Å²) in [6, 6.07) is 8.90. The molecule has 1 unspecified atom stereocenters. The minimum Gasteiger partial charge on any atom is -0.326 e. The van der Waals surface area contributed by atoms with Crippen LogP contribution >= 0.6 is 23.5 Å². The number of allylic oxidation sites excluding steroid dienone is 3.